The number of methoxy groups -OCH3 is 1. The van der Waals surface area contributed by atoms with E-state index in [2.05, 4.69) is 10.6 Å². The number of hydrogen-bond donors (Lipinski definition) is 2. The molecule has 0 saturated heterocycles. The predicted molar refractivity (Wildman–Crippen MR) is 92.9 cm³/mol. The van der Waals surface area contributed by atoms with E-state index in [0.29, 0.717) is 6.54 Å². The third-order valence-corrected chi connectivity index (χ3v) is 3.90. The zero-order valence-electron chi connectivity index (χ0n) is 15.1. The van der Waals surface area contributed by atoms with Crippen molar-refractivity contribution in [3.63, 3.8) is 0 Å². The Labute approximate surface area is 147 Å². The highest BCUT2D eigenvalue weighted by Crippen LogP contribution is 2.30. The van der Waals surface area contributed by atoms with Crippen LogP contribution >= 0.6 is 0 Å². The molecule has 1 heterocycles. The minimum Gasteiger partial charge on any atom is -0.468 e. The standard InChI is InChI=1S/C18H25N3O4/c1-18(2,3)20-17(24)19-14(22)11-21-10-9-12-7-5-6-8-13(12)15(21)16(23)25-4/h5-8,15H,9-11H2,1-4H3,(H2,19,20,22,24). The van der Waals surface area contributed by atoms with Gasteiger partial charge in [0.1, 0.15) is 6.04 Å². The Kier molecular flexibility index (Phi) is 5.79. The van der Waals surface area contributed by atoms with Gasteiger partial charge in [0.05, 0.1) is 13.7 Å². The second-order valence-corrected chi connectivity index (χ2v) is 7.10. The molecule has 7 nitrogen and oxygen atoms in total. The second kappa shape index (κ2) is 7.65. The van der Waals surface area contributed by atoms with E-state index < -0.39 is 29.5 Å². The van der Waals surface area contributed by atoms with Crippen molar-refractivity contribution in [1.29, 1.82) is 0 Å². The number of esters is 1. The summed E-state index contributed by atoms with van der Waals surface area (Å²) in [6.07, 6.45) is 0.727. The number of rotatable bonds is 3. The van der Waals surface area contributed by atoms with Gasteiger partial charge < -0.3 is 10.1 Å². The molecule has 2 N–H and O–H groups in total. The lowest BCUT2D eigenvalue weighted by molar-refractivity contribution is -0.148. The Bertz CT molecular complexity index is 667. The molecule has 25 heavy (non-hydrogen) atoms. The normalized spacial score (nSPS) is 17.4. The molecule has 2 rings (SSSR count). The molecule has 0 radical (unpaired) electrons. The first-order valence-electron chi connectivity index (χ1n) is 8.23. The summed E-state index contributed by atoms with van der Waals surface area (Å²) in [7, 11) is 1.33. The lowest BCUT2D eigenvalue weighted by Gasteiger charge is -2.34. The molecule has 1 atom stereocenters. The molecular weight excluding hydrogens is 322 g/mol. The van der Waals surface area contributed by atoms with E-state index in [4.69, 9.17) is 4.74 Å². The first-order chi connectivity index (χ1) is 11.7. The van der Waals surface area contributed by atoms with Crippen LogP contribution in [0.4, 0.5) is 4.79 Å². The van der Waals surface area contributed by atoms with Gasteiger partial charge in [-0.2, -0.15) is 0 Å². The maximum Gasteiger partial charge on any atom is 0.327 e. The molecule has 1 aliphatic heterocycles. The third-order valence-electron chi connectivity index (χ3n) is 3.90. The van der Waals surface area contributed by atoms with Gasteiger partial charge in [-0.3, -0.25) is 15.0 Å². The van der Waals surface area contributed by atoms with Gasteiger partial charge in [-0.1, -0.05) is 24.3 Å². The van der Waals surface area contributed by atoms with Crippen molar-refractivity contribution < 1.29 is 19.1 Å². The first kappa shape index (κ1) is 18.9. The summed E-state index contributed by atoms with van der Waals surface area (Å²) in [5.41, 5.74) is 1.47. The molecular formula is C18H25N3O4. The first-order valence-corrected chi connectivity index (χ1v) is 8.23. The van der Waals surface area contributed by atoms with Crippen LogP contribution in [0.25, 0.3) is 0 Å². The number of nitrogens with zero attached hydrogens (tertiary/aromatic N) is 1. The van der Waals surface area contributed by atoms with Gasteiger partial charge in [0, 0.05) is 12.1 Å². The van der Waals surface area contributed by atoms with E-state index in [1.165, 1.54) is 7.11 Å². The van der Waals surface area contributed by atoms with Gasteiger partial charge in [0.15, 0.2) is 0 Å². The zero-order chi connectivity index (χ0) is 18.6. The number of fused-ring (bicyclic) bond motifs is 1. The summed E-state index contributed by atoms with van der Waals surface area (Å²) in [5, 5.41) is 4.97. The smallest absolute Gasteiger partial charge is 0.327 e. The van der Waals surface area contributed by atoms with Gasteiger partial charge in [-0.25, -0.2) is 9.59 Å². The monoisotopic (exact) mass is 347 g/mol. The quantitative estimate of drug-likeness (QED) is 0.807. The molecule has 3 amide bonds. The average Bonchev–Trinajstić information content (AvgIpc) is 2.51. The number of imide groups is 1. The highest BCUT2D eigenvalue weighted by atomic mass is 16.5. The van der Waals surface area contributed by atoms with Crippen LogP contribution in [0, 0.1) is 0 Å². The molecule has 136 valence electrons. The number of nitrogens with one attached hydrogen (secondary N) is 2. The van der Waals surface area contributed by atoms with Crippen LogP contribution in [0.1, 0.15) is 37.9 Å². The lowest BCUT2D eigenvalue weighted by atomic mass is 9.92. The summed E-state index contributed by atoms with van der Waals surface area (Å²) in [6, 6.07) is 6.42. The number of benzene rings is 1. The second-order valence-electron chi connectivity index (χ2n) is 7.10. The van der Waals surface area contributed by atoms with E-state index in [1.54, 1.807) is 4.90 Å². The summed E-state index contributed by atoms with van der Waals surface area (Å²) in [5.74, 6) is -0.880. The summed E-state index contributed by atoms with van der Waals surface area (Å²) in [4.78, 5) is 38.0. The Balaban J connectivity index is 2.09. The van der Waals surface area contributed by atoms with Crippen LogP contribution in [0.15, 0.2) is 24.3 Å². The van der Waals surface area contributed by atoms with Crippen molar-refractivity contribution >= 4 is 17.9 Å². The lowest BCUT2D eigenvalue weighted by Crippen LogP contribution is -2.51. The molecule has 0 aliphatic carbocycles. The molecule has 0 bridgehead atoms. The van der Waals surface area contributed by atoms with E-state index in [9.17, 15) is 14.4 Å². The van der Waals surface area contributed by atoms with Gasteiger partial charge in [0.25, 0.3) is 0 Å². The fourth-order valence-electron chi connectivity index (χ4n) is 2.90. The van der Waals surface area contributed by atoms with Crippen molar-refractivity contribution in [3.8, 4) is 0 Å². The Hall–Kier alpha value is -2.41. The predicted octanol–water partition coefficient (Wildman–Crippen LogP) is 1.38. The fraction of sp³-hybridized carbons (Fsp3) is 0.500. The number of amides is 3. The highest BCUT2D eigenvalue weighted by Gasteiger charge is 2.34. The topological polar surface area (TPSA) is 87.7 Å². The Morgan fingerprint density at radius 2 is 1.92 bits per heavy atom. The number of hydrogen-bond acceptors (Lipinski definition) is 5. The molecule has 0 fully saturated rings. The zero-order valence-corrected chi connectivity index (χ0v) is 15.1. The van der Waals surface area contributed by atoms with Crippen molar-refractivity contribution in [2.45, 2.75) is 38.8 Å². The maximum atomic E-state index is 12.3. The number of carbonyl (C=O) groups is 3. The minimum atomic E-state index is -0.647. The van der Waals surface area contributed by atoms with Gasteiger partial charge >= 0.3 is 12.0 Å². The molecule has 1 unspecified atom stereocenters. The van der Waals surface area contributed by atoms with Crippen LogP contribution in [-0.4, -0.2) is 48.5 Å². The molecule has 0 saturated carbocycles. The van der Waals surface area contributed by atoms with Crippen LogP contribution < -0.4 is 10.6 Å². The van der Waals surface area contributed by atoms with E-state index in [0.717, 1.165) is 17.5 Å². The molecule has 1 aromatic carbocycles. The summed E-state index contributed by atoms with van der Waals surface area (Å²) >= 11 is 0. The summed E-state index contributed by atoms with van der Waals surface area (Å²) in [6.45, 7) is 5.94. The molecule has 0 aromatic heterocycles. The van der Waals surface area contributed by atoms with E-state index in [1.807, 2.05) is 45.0 Å². The van der Waals surface area contributed by atoms with Crippen molar-refractivity contribution in [2.24, 2.45) is 0 Å². The maximum absolute atomic E-state index is 12.3. The van der Waals surface area contributed by atoms with E-state index >= 15 is 0 Å². The van der Waals surface area contributed by atoms with Crippen molar-refractivity contribution in [3.05, 3.63) is 35.4 Å². The summed E-state index contributed by atoms with van der Waals surface area (Å²) < 4.78 is 4.91. The van der Waals surface area contributed by atoms with Gasteiger partial charge in [-0.05, 0) is 38.3 Å². The van der Waals surface area contributed by atoms with Crippen molar-refractivity contribution in [2.75, 3.05) is 20.2 Å². The Morgan fingerprint density at radius 3 is 2.56 bits per heavy atom. The SMILES string of the molecule is COC(=O)C1c2ccccc2CCN1CC(=O)NC(=O)NC(C)(C)C. The van der Waals surface area contributed by atoms with E-state index in [-0.39, 0.29) is 6.54 Å². The van der Waals surface area contributed by atoms with Crippen LogP contribution in [0.3, 0.4) is 0 Å². The van der Waals surface area contributed by atoms with Crippen molar-refractivity contribution in [1.82, 2.24) is 15.5 Å². The Morgan fingerprint density at radius 1 is 1.24 bits per heavy atom. The van der Waals surface area contributed by atoms with Crippen LogP contribution in [0.5, 0.6) is 0 Å². The number of ether oxygens (including phenoxy) is 1. The molecule has 1 aliphatic rings. The molecule has 0 spiro atoms. The third kappa shape index (κ3) is 5.03. The fourth-order valence-corrected chi connectivity index (χ4v) is 2.90. The van der Waals surface area contributed by atoms with Gasteiger partial charge in [0.2, 0.25) is 5.91 Å². The number of carbonyl (C=O) groups excluding carboxylic acids is 3. The largest absolute Gasteiger partial charge is 0.468 e. The van der Waals surface area contributed by atoms with Crippen LogP contribution in [-0.2, 0) is 20.7 Å². The molecule has 7 heteroatoms. The van der Waals surface area contributed by atoms with Gasteiger partial charge in [-0.15, -0.1) is 0 Å². The number of urea groups is 1. The molecule has 1 aromatic rings. The average molecular weight is 347 g/mol. The van der Waals surface area contributed by atoms with Crippen LogP contribution in [0.2, 0.25) is 0 Å². The minimum absolute atomic E-state index is 0.0638. The highest BCUT2D eigenvalue weighted by molar-refractivity contribution is 5.95.